The van der Waals surface area contributed by atoms with Crippen LogP contribution in [-0.4, -0.2) is 16.5 Å². The van der Waals surface area contributed by atoms with Gasteiger partial charge in [0.2, 0.25) is 0 Å². The summed E-state index contributed by atoms with van der Waals surface area (Å²) in [6.45, 7) is 0.932. The lowest BCUT2D eigenvalue weighted by Gasteiger charge is -2.13. The maximum Gasteiger partial charge on any atom is 0.295 e. The van der Waals surface area contributed by atoms with Crippen LogP contribution in [0.1, 0.15) is 25.7 Å². The Kier molecular flexibility index (Phi) is 3.50. The molecule has 1 aromatic heterocycles. The normalized spacial score (nSPS) is 15.6. The second-order valence-electron chi connectivity index (χ2n) is 5.32. The number of nitro groups is 1. The molecule has 20 heavy (non-hydrogen) atoms. The maximum absolute atomic E-state index is 11.0. The fourth-order valence-electron chi connectivity index (χ4n) is 2.93. The Bertz CT molecular complexity index is 636. The molecule has 0 bridgehead atoms. The van der Waals surface area contributed by atoms with Crippen LogP contribution in [0.2, 0.25) is 0 Å². The van der Waals surface area contributed by atoms with Crippen molar-refractivity contribution in [3.05, 3.63) is 40.6 Å². The predicted molar refractivity (Wildman–Crippen MR) is 78.8 cm³/mol. The van der Waals surface area contributed by atoms with Crippen LogP contribution in [-0.2, 0) is 0 Å². The summed E-state index contributed by atoms with van der Waals surface area (Å²) in [6, 6.07) is 6.98. The smallest absolute Gasteiger partial charge is 0.295 e. The predicted octanol–water partition coefficient (Wildman–Crippen LogP) is 3.75. The van der Waals surface area contributed by atoms with Crippen LogP contribution in [0.3, 0.4) is 0 Å². The topological polar surface area (TPSA) is 68.1 Å². The minimum atomic E-state index is -0.379. The number of nitrogens with one attached hydrogen (secondary N) is 1. The van der Waals surface area contributed by atoms with Gasteiger partial charge in [0.05, 0.1) is 4.92 Å². The van der Waals surface area contributed by atoms with Crippen LogP contribution in [0.4, 0.5) is 11.4 Å². The van der Waals surface area contributed by atoms with Gasteiger partial charge in [0, 0.05) is 29.9 Å². The van der Waals surface area contributed by atoms with Crippen molar-refractivity contribution < 1.29 is 4.92 Å². The second-order valence-corrected chi connectivity index (χ2v) is 5.32. The second kappa shape index (κ2) is 5.45. The third-order valence-corrected chi connectivity index (χ3v) is 4.00. The molecule has 0 radical (unpaired) electrons. The van der Waals surface area contributed by atoms with E-state index in [4.69, 9.17) is 0 Å². The highest BCUT2D eigenvalue weighted by atomic mass is 16.6. The average molecular weight is 271 g/mol. The van der Waals surface area contributed by atoms with Gasteiger partial charge in [-0.2, -0.15) is 0 Å². The van der Waals surface area contributed by atoms with Crippen LogP contribution >= 0.6 is 0 Å². The molecule has 1 aliphatic carbocycles. The van der Waals surface area contributed by atoms with E-state index in [0.717, 1.165) is 23.5 Å². The van der Waals surface area contributed by atoms with Gasteiger partial charge in [-0.25, -0.2) is 4.98 Å². The van der Waals surface area contributed by atoms with Gasteiger partial charge in [-0.3, -0.25) is 10.1 Å². The zero-order chi connectivity index (χ0) is 13.9. The number of para-hydroxylation sites is 1. The molecule has 1 N–H and O–H groups in total. The first-order chi connectivity index (χ1) is 9.75. The maximum atomic E-state index is 11.0. The van der Waals surface area contributed by atoms with E-state index in [2.05, 4.69) is 10.3 Å². The molecule has 3 rings (SSSR count). The number of rotatable bonds is 4. The van der Waals surface area contributed by atoms with Gasteiger partial charge in [-0.15, -0.1) is 0 Å². The SMILES string of the molecule is O=[N+]([O-])c1cccc2c(NCC3CCCC3)ccnc12. The van der Waals surface area contributed by atoms with E-state index in [-0.39, 0.29) is 10.6 Å². The lowest BCUT2D eigenvalue weighted by atomic mass is 10.1. The summed E-state index contributed by atoms with van der Waals surface area (Å²) in [6.07, 6.45) is 6.81. The molecule has 5 nitrogen and oxygen atoms in total. The number of hydrogen-bond donors (Lipinski definition) is 1. The summed E-state index contributed by atoms with van der Waals surface area (Å²) < 4.78 is 0. The number of pyridine rings is 1. The Hall–Kier alpha value is -2.17. The van der Waals surface area contributed by atoms with Crippen LogP contribution in [0.5, 0.6) is 0 Å². The van der Waals surface area contributed by atoms with E-state index in [1.807, 2.05) is 12.1 Å². The van der Waals surface area contributed by atoms with Gasteiger partial charge in [0.1, 0.15) is 5.52 Å². The van der Waals surface area contributed by atoms with Crippen LogP contribution < -0.4 is 5.32 Å². The fraction of sp³-hybridized carbons (Fsp3) is 0.400. The van der Waals surface area contributed by atoms with Crippen LogP contribution in [0.25, 0.3) is 10.9 Å². The molecule has 0 saturated heterocycles. The van der Waals surface area contributed by atoms with Crippen LogP contribution in [0.15, 0.2) is 30.5 Å². The summed E-state index contributed by atoms with van der Waals surface area (Å²) >= 11 is 0. The first-order valence-electron chi connectivity index (χ1n) is 7.01. The minimum absolute atomic E-state index is 0.0621. The Morgan fingerprint density at radius 1 is 1.30 bits per heavy atom. The Labute approximate surface area is 117 Å². The third kappa shape index (κ3) is 2.43. The van der Waals surface area contributed by atoms with Crippen molar-refractivity contribution in [2.24, 2.45) is 5.92 Å². The minimum Gasteiger partial charge on any atom is -0.384 e. The van der Waals surface area contributed by atoms with Crippen molar-refractivity contribution in [3.8, 4) is 0 Å². The van der Waals surface area contributed by atoms with Crippen molar-refractivity contribution in [1.29, 1.82) is 0 Å². The van der Waals surface area contributed by atoms with Gasteiger partial charge in [-0.1, -0.05) is 25.0 Å². The first kappa shape index (κ1) is 12.8. The van der Waals surface area contributed by atoms with Crippen molar-refractivity contribution >= 4 is 22.3 Å². The molecule has 1 fully saturated rings. The van der Waals surface area contributed by atoms with Crippen molar-refractivity contribution in [2.75, 3.05) is 11.9 Å². The third-order valence-electron chi connectivity index (χ3n) is 4.00. The molecule has 1 aliphatic rings. The number of fused-ring (bicyclic) bond motifs is 1. The highest BCUT2D eigenvalue weighted by Gasteiger charge is 2.17. The van der Waals surface area contributed by atoms with E-state index in [0.29, 0.717) is 5.52 Å². The Morgan fingerprint density at radius 3 is 2.85 bits per heavy atom. The fourth-order valence-corrected chi connectivity index (χ4v) is 2.93. The molecule has 1 heterocycles. The average Bonchev–Trinajstić information content (AvgIpc) is 2.97. The van der Waals surface area contributed by atoms with Gasteiger partial charge in [-0.05, 0) is 24.8 Å². The monoisotopic (exact) mass is 271 g/mol. The van der Waals surface area contributed by atoms with Gasteiger partial charge in [0.25, 0.3) is 5.69 Å². The van der Waals surface area contributed by atoms with E-state index < -0.39 is 0 Å². The first-order valence-corrected chi connectivity index (χ1v) is 7.01. The largest absolute Gasteiger partial charge is 0.384 e. The Balaban J connectivity index is 1.90. The molecule has 2 aromatic rings. The summed E-state index contributed by atoms with van der Waals surface area (Å²) in [7, 11) is 0. The van der Waals surface area contributed by atoms with Gasteiger partial charge < -0.3 is 5.32 Å². The number of aromatic nitrogens is 1. The van der Waals surface area contributed by atoms with Crippen molar-refractivity contribution in [2.45, 2.75) is 25.7 Å². The highest BCUT2D eigenvalue weighted by Crippen LogP contribution is 2.30. The lowest BCUT2D eigenvalue weighted by Crippen LogP contribution is -2.11. The Morgan fingerprint density at radius 2 is 2.10 bits per heavy atom. The number of benzene rings is 1. The van der Waals surface area contributed by atoms with Crippen molar-refractivity contribution in [3.63, 3.8) is 0 Å². The number of anilines is 1. The van der Waals surface area contributed by atoms with Gasteiger partial charge >= 0.3 is 0 Å². The number of non-ortho nitro benzene ring substituents is 1. The number of nitrogens with zero attached hydrogens (tertiary/aromatic N) is 2. The quantitative estimate of drug-likeness (QED) is 0.679. The summed E-state index contributed by atoms with van der Waals surface area (Å²) in [5.41, 5.74) is 1.45. The van der Waals surface area contributed by atoms with E-state index in [9.17, 15) is 10.1 Å². The molecule has 0 amide bonds. The molecule has 104 valence electrons. The van der Waals surface area contributed by atoms with Crippen LogP contribution in [0, 0.1) is 16.0 Å². The molecule has 0 unspecified atom stereocenters. The zero-order valence-electron chi connectivity index (χ0n) is 11.2. The standard InChI is InChI=1S/C15H17N3O2/c19-18(20)14-7-3-6-12-13(8-9-16-15(12)14)17-10-11-4-1-2-5-11/h3,6-9,11H,1-2,4-5,10H2,(H,16,17). The number of nitro benzene ring substituents is 1. The molecule has 0 aliphatic heterocycles. The van der Waals surface area contributed by atoms with E-state index in [1.165, 1.54) is 31.7 Å². The summed E-state index contributed by atoms with van der Waals surface area (Å²) in [4.78, 5) is 14.8. The van der Waals surface area contributed by atoms with E-state index >= 15 is 0 Å². The summed E-state index contributed by atoms with van der Waals surface area (Å²) in [5.74, 6) is 0.719. The van der Waals surface area contributed by atoms with Crippen molar-refractivity contribution in [1.82, 2.24) is 4.98 Å². The summed E-state index contributed by atoms with van der Waals surface area (Å²) in [5, 5.41) is 15.3. The zero-order valence-corrected chi connectivity index (χ0v) is 11.2. The number of hydrogen-bond acceptors (Lipinski definition) is 4. The molecule has 0 atom stereocenters. The molecule has 0 spiro atoms. The molecular weight excluding hydrogens is 254 g/mol. The van der Waals surface area contributed by atoms with Gasteiger partial charge in [0.15, 0.2) is 0 Å². The molecular formula is C15H17N3O2. The molecule has 5 heteroatoms. The highest BCUT2D eigenvalue weighted by molar-refractivity contribution is 5.96. The van der Waals surface area contributed by atoms with E-state index in [1.54, 1.807) is 12.3 Å². The lowest BCUT2D eigenvalue weighted by molar-refractivity contribution is -0.383. The molecule has 1 saturated carbocycles. The molecule has 1 aromatic carbocycles.